The number of aliphatic hydroxyl groups excluding tert-OH is 1. The molecule has 5 heteroatoms. The van der Waals surface area contributed by atoms with Gasteiger partial charge in [-0.25, -0.2) is 0 Å². The smallest absolute Gasteiger partial charge is 0.309 e. The topological polar surface area (TPSA) is 72.8 Å². The molecule has 1 N–H and O–H groups in total. The number of ether oxygens (including phenoxy) is 2. The molecule has 0 spiro atoms. The lowest BCUT2D eigenvalue weighted by molar-refractivity contribution is -0.180. The first-order valence-electron chi connectivity index (χ1n) is 11.6. The normalized spacial score (nSPS) is 38.5. The van der Waals surface area contributed by atoms with E-state index in [1.807, 2.05) is 0 Å². The van der Waals surface area contributed by atoms with E-state index in [2.05, 4.69) is 40.7 Å². The van der Waals surface area contributed by atoms with Crippen molar-refractivity contribution in [1.82, 2.24) is 0 Å². The van der Waals surface area contributed by atoms with Crippen LogP contribution >= 0.6 is 0 Å². The third-order valence-electron chi connectivity index (χ3n) is 8.85. The van der Waals surface area contributed by atoms with Crippen molar-refractivity contribution in [2.75, 3.05) is 13.2 Å². The molecule has 0 aromatic heterocycles. The number of esters is 2. The maximum absolute atomic E-state index is 13.3. The van der Waals surface area contributed by atoms with E-state index >= 15 is 0 Å². The molecule has 0 aromatic rings. The van der Waals surface area contributed by atoms with Crippen LogP contribution in [-0.4, -0.2) is 36.4 Å². The van der Waals surface area contributed by atoms with Gasteiger partial charge in [-0.2, -0.15) is 0 Å². The number of rotatable bonds is 5. The Morgan fingerprint density at radius 3 is 2.50 bits per heavy atom. The molecule has 2 saturated carbocycles. The van der Waals surface area contributed by atoms with Crippen LogP contribution in [0.15, 0.2) is 11.6 Å². The molecule has 2 unspecified atom stereocenters. The van der Waals surface area contributed by atoms with E-state index < -0.39 is 12.1 Å². The second kappa shape index (κ2) is 8.29. The molecular weight excluding hydrogens is 380 g/mol. The van der Waals surface area contributed by atoms with E-state index in [9.17, 15) is 14.7 Å². The van der Waals surface area contributed by atoms with Crippen LogP contribution in [0.2, 0.25) is 0 Å². The lowest BCUT2D eigenvalue weighted by Gasteiger charge is -2.63. The second-order valence-electron chi connectivity index (χ2n) is 11.1. The SMILES string of the molecule is CC(=O)OC(CO)COC(=O)C1[C@@H](C)CC[C@@]2(C)[C@@H]3CCCC(C)(C)C3=CC[C@@]12C. The molecule has 3 aliphatic rings. The Bertz CT molecular complexity index is 710. The average molecular weight is 421 g/mol. The molecule has 0 bridgehead atoms. The first-order valence-corrected chi connectivity index (χ1v) is 11.6. The largest absolute Gasteiger partial charge is 0.461 e. The molecule has 2 fully saturated rings. The van der Waals surface area contributed by atoms with Crippen LogP contribution < -0.4 is 0 Å². The van der Waals surface area contributed by atoms with Gasteiger partial charge in [0.2, 0.25) is 0 Å². The van der Waals surface area contributed by atoms with E-state index in [-0.39, 0.29) is 47.3 Å². The van der Waals surface area contributed by atoms with Gasteiger partial charge in [0.1, 0.15) is 6.61 Å². The summed E-state index contributed by atoms with van der Waals surface area (Å²) in [5.41, 5.74) is 1.74. The van der Waals surface area contributed by atoms with E-state index in [4.69, 9.17) is 9.47 Å². The number of fused-ring (bicyclic) bond motifs is 3. The van der Waals surface area contributed by atoms with Gasteiger partial charge in [-0.05, 0) is 60.2 Å². The highest BCUT2D eigenvalue weighted by atomic mass is 16.6. The fourth-order valence-electron chi connectivity index (χ4n) is 6.93. The molecule has 0 radical (unpaired) electrons. The summed E-state index contributed by atoms with van der Waals surface area (Å²) in [5, 5.41) is 9.43. The second-order valence-corrected chi connectivity index (χ2v) is 11.1. The number of hydrogen-bond acceptors (Lipinski definition) is 5. The lowest BCUT2D eigenvalue weighted by atomic mass is 9.40. The van der Waals surface area contributed by atoms with Gasteiger partial charge < -0.3 is 14.6 Å². The Balaban J connectivity index is 1.86. The molecule has 0 aliphatic heterocycles. The number of carbonyl (C=O) groups is 2. The first kappa shape index (κ1) is 23.3. The van der Waals surface area contributed by atoms with Crippen molar-refractivity contribution in [2.45, 2.75) is 86.2 Å². The quantitative estimate of drug-likeness (QED) is 0.517. The predicted molar refractivity (Wildman–Crippen MR) is 116 cm³/mol. The van der Waals surface area contributed by atoms with Gasteiger partial charge in [0, 0.05) is 6.92 Å². The molecule has 30 heavy (non-hydrogen) atoms. The van der Waals surface area contributed by atoms with Crippen molar-refractivity contribution >= 4 is 11.9 Å². The zero-order chi connectivity index (χ0) is 22.3. The Hall–Kier alpha value is -1.36. The highest BCUT2D eigenvalue weighted by Crippen LogP contribution is 2.68. The van der Waals surface area contributed by atoms with Gasteiger partial charge in [0.25, 0.3) is 0 Å². The van der Waals surface area contributed by atoms with E-state index in [1.165, 1.54) is 26.2 Å². The van der Waals surface area contributed by atoms with E-state index in [0.717, 1.165) is 19.3 Å². The van der Waals surface area contributed by atoms with Gasteiger partial charge >= 0.3 is 11.9 Å². The Labute approximate surface area is 181 Å². The van der Waals surface area contributed by atoms with Crippen molar-refractivity contribution in [3.8, 4) is 0 Å². The van der Waals surface area contributed by atoms with Crippen molar-refractivity contribution in [2.24, 2.45) is 34.0 Å². The number of aliphatic hydroxyl groups is 1. The molecule has 3 rings (SSSR count). The fourth-order valence-corrected chi connectivity index (χ4v) is 6.93. The minimum absolute atomic E-state index is 0.0667. The summed E-state index contributed by atoms with van der Waals surface area (Å²) in [6.45, 7) is 12.4. The van der Waals surface area contributed by atoms with Gasteiger partial charge in [0.15, 0.2) is 6.10 Å². The summed E-state index contributed by atoms with van der Waals surface area (Å²) in [7, 11) is 0. The van der Waals surface area contributed by atoms with Crippen molar-refractivity contribution in [1.29, 1.82) is 0 Å². The highest BCUT2D eigenvalue weighted by molar-refractivity contribution is 5.74. The fraction of sp³-hybridized carbons (Fsp3) is 0.840. The van der Waals surface area contributed by atoms with Crippen LogP contribution in [0.4, 0.5) is 0 Å². The van der Waals surface area contributed by atoms with Crippen LogP contribution in [0.3, 0.4) is 0 Å². The summed E-state index contributed by atoms with van der Waals surface area (Å²) in [6, 6.07) is 0. The van der Waals surface area contributed by atoms with E-state index in [1.54, 1.807) is 5.57 Å². The van der Waals surface area contributed by atoms with Crippen LogP contribution in [0.1, 0.15) is 80.1 Å². The molecular formula is C25H40O5. The van der Waals surface area contributed by atoms with Crippen LogP contribution in [0.5, 0.6) is 0 Å². The lowest BCUT2D eigenvalue weighted by Crippen LogP contribution is -2.58. The molecule has 0 heterocycles. The summed E-state index contributed by atoms with van der Waals surface area (Å²) < 4.78 is 10.7. The highest BCUT2D eigenvalue weighted by Gasteiger charge is 2.62. The predicted octanol–water partition coefficient (Wildman–Crippen LogP) is 4.67. The zero-order valence-electron chi connectivity index (χ0n) is 19.6. The minimum Gasteiger partial charge on any atom is -0.461 e. The first-order chi connectivity index (χ1) is 14.0. The number of hydrogen-bond donors (Lipinski definition) is 1. The number of allylic oxidation sites excluding steroid dienone is 2. The number of carbonyl (C=O) groups excluding carboxylic acids is 2. The Morgan fingerprint density at radius 2 is 1.87 bits per heavy atom. The standard InChI is InChI=1S/C25H40O5/c1-16-9-12-24(5)20-8-7-11-23(3,4)19(20)10-13-25(24,6)21(16)22(28)29-15-18(14-26)30-17(2)27/h10,16,18,20-21,26H,7-9,11-15H2,1-6H3/t16-,18?,20+,21?,24-,25-/m0/s1. The molecule has 0 aromatic carbocycles. The summed E-state index contributed by atoms with van der Waals surface area (Å²) in [4.78, 5) is 24.5. The molecule has 6 atom stereocenters. The van der Waals surface area contributed by atoms with Gasteiger partial charge in [-0.1, -0.05) is 52.7 Å². The Morgan fingerprint density at radius 1 is 1.17 bits per heavy atom. The monoisotopic (exact) mass is 420 g/mol. The zero-order valence-corrected chi connectivity index (χ0v) is 19.6. The third-order valence-corrected chi connectivity index (χ3v) is 8.85. The third kappa shape index (κ3) is 3.83. The molecule has 0 amide bonds. The van der Waals surface area contributed by atoms with Crippen molar-refractivity contribution < 1.29 is 24.2 Å². The van der Waals surface area contributed by atoms with E-state index in [0.29, 0.717) is 5.92 Å². The Kier molecular flexibility index (Phi) is 6.44. The average Bonchev–Trinajstić information content (AvgIpc) is 2.66. The van der Waals surface area contributed by atoms with Gasteiger partial charge in [-0.3, -0.25) is 9.59 Å². The molecule has 3 aliphatic carbocycles. The summed E-state index contributed by atoms with van der Waals surface area (Å²) in [5.74, 6) is -0.137. The summed E-state index contributed by atoms with van der Waals surface area (Å²) in [6.07, 6.45) is 8.38. The maximum Gasteiger partial charge on any atom is 0.309 e. The molecule has 0 saturated heterocycles. The maximum atomic E-state index is 13.3. The van der Waals surface area contributed by atoms with Crippen molar-refractivity contribution in [3.63, 3.8) is 0 Å². The summed E-state index contributed by atoms with van der Waals surface area (Å²) >= 11 is 0. The molecule has 170 valence electrons. The van der Waals surface area contributed by atoms with Crippen molar-refractivity contribution in [3.05, 3.63) is 11.6 Å². The van der Waals surface area contributed by atoms with Gasteiger partial charge in [-0.15, -0.1) is 0 Å². The molecule has 5 nitrogen and oxygen atoms in total. The van der Waals surface area contributed by atoms with Gasteiger partial charge in [0.05, 0.1) is 12.5 Å². The van der Waals surface area contributed by atoms with Crippen LogP contribution in [0.25, 0.3) is 0 Å². The van der Waals surface area contributed by atoms with Crippen LogP contribution in [-0.2, 0) is 19.1 Å². The van der Waals surface area contributed by atoms with Crippen LogP contribution in [0, 0.1) is 34.0 Å². The minimum atomic E-state index is -0.804.